The molecule has 3 rings (SSSR count). The standard InChI is InChI=1S/C22H19NO3/c1-16-6-5-7-18(14-16)22(24)26-20-12-10-17(15-21(20)25-2)9-11-19-8-3-4-13-23-19/h3-15H,1-2H3/b11-9+. The van der Waals surface area contributed by atoms with E-state index >= 15 is 0 Å². The van der Waals surface area contributed by atoms with Gasteiger partial charge < -0.3 is 9.47 Å². The van der Waals surface area contributed by atoms with Crippen LogP contribution in [-0.4, -0.2) is 18.1 Å². The molecule has 0 aliphatic heterocycles. The Labute approximate surface area is 152 Å². The predicted octanol–water partition coefficient (Wildman–Crippen LogP) is 4.79. The summed E-state index contributed by atoms with van der Waals surface area (Å²) in [6.45, 7) is 1.93. The molecule has 0 N–H and O–H groups in total. The molecule has 0 aliphatic carbocycles. The summed E-state index contributed by atoms with van der Waals surface area (Å²) in [5, 5.41) is 0. The Balaban J connectivity index is 1.78. The molecule has 0 atom stereocenters. The summed E-state index contributed by atoms with van der Waals surface area (Å²) >= 11 is 0. The number of esters is 1. The fourth-order valence-electron chi connectivity index (χ4n) is 2.46. The van der Waals surface area contributed by atoms with Gasteiger partial charge in [0.2, 0.25) is 0 Å². The number of benzene rings is 2. The van der Waals surface area contributed by atoms with Crippen molar-refractivity contribution in [2.45, 2.75) is 6.92 Å². The number of pyridine rings is 1. The van der Waals surface area contributed by atoms with Crippen LogP contribution in [0.1, 0.15) is 27.2 Å². The lowest BCUT2D eigenvalue weighted by atomic mass is 10.1. The number of ether oxygens (including phenoxy) is 2. The summed E-state index contributed by atoms with van der Waals surface area (Å²) in [7, 11) is 1.55. The second-order valence-corrected chi connectivity index (χ2v) is 5.76. The van der Waals surface area contributed by atoms with Gasteiger partial charge in [0.05, 0.1) is 18.4 Å². The van der Waals surface area contributed by atoms with Gasteiger partial charge in [0.15, 0.2) is 11.5 Å². The van der Waals surface area contributed by atoms with Crippen molar-refractivity contribution in [3.63, 3.8) is 0 Å². The Morgan fingerprint density at radius 2 is 1.85 bits per heavy atom. The number of carbonyl (C=O) groups excluding carboxylic acids is 1. The first kappa shape index (κ1) is 17.4. The molecule has 0 aliphatic rings. The van der Waals surface area contributed by atoms with Gasteiger partial charge in [-0.2, -0.15) is 0 Å². The van der Waals surface area contributed by atoms with Gasteiger partial charge in [-0.1, -0.05) is 35.9 Å². The first-order valence-electron chi connectivity index (χ1n) is 8.22. The molecule has 0 amide bonds. The van der Waals surface area contributed by atoms with Crippen molar-refractivity contribution in [2.75, 3.05) is 7.11 Å². The summed E-state index contributed by atoms with van der Waals surface area (Å²) < 4.78 is 10.9. The van der Waals surface area contributed by atoms with Crippen LogP contribution in [0.15, 0.2) is 66.9 Å². The van der Waals surface area contributed by atoms with Crippen LogP contribution in [0.25, 0.3) is 12.2 Å². The number of hydrogen-bond donors (Lipinski definition) is 0. The van der Waals surface area contributed by atoms with Crippen LogP contribution in [0.2, 0.25) is 0 Å². The zero-order chi connectivity index (χ0) is 18.4. The largest absolute Gasteiger partial charge is 0.493 e. The maximum Gasteiger partial charge on any atom is 0.343 e. The van der Waals surface area contributed by atoms with Gasteiger partial charge in [-0.15, -0.1) is 0 Å². The Morgan fingerprint density at radius 3 is 2.58 bits per heavy atom. The van der Waals surface area contributed by atoms with Gasteiger partial charge in [-0.25, -0.2) is 4.79 Å². The Morgan fingerprint density at radius 1 is 0.962 bits per heavy atom. The molecule has 130 valence electrons. The van der Waals surface area contributed by atoms with Crippen molar-refractivity contribution in [2.24, 2.45) is 0 Å². The van der Waals surface area contributed by atoms with Gasteiger partial charge in [-0.3, -0.25) is 4.98 Å². The topological polar surface area (TPSA) is 48.4 Å². The van der Waals surface area contributed by atoms with Crippen molar-refractivity contribution in [1.29, 1.82) is 0 Å². The van der Waals surface area contributed by atoms with Crippen LogP contribution in [0, 0.1) is 6.92 Å². The minimum atomic E-state index is -0.413. The van der Waals surface area contributed by atoms with Crippen molar-refractivity contribution >= 4 is 18.1 Å². The van der Waals surface area contributed by atoms with Crippen molar-refractivity contribution in [3.8, 4) is 11.5 Å². The van der Waals surface area contributed by atoms with Gasteiger partial charge in [0.25, 0.3) is 0 Å². The number of aryl methyl sites for hydroxylation is 1. The van der Waals surface area contributed by atoms with Crippen LogP contribution < -0.4 is 9.47 Å². The number of rotatable bonds is 5. The summed E-state index contributed by atoms with van der Waals surface area (Å²) in [5.41, 5.74) is 3.29. The van der Waals surface area contributed by atoms with Crippen molar-refractivity contribution in [3.05, 3.63) is 89.2 Å². The van der Waals surface area contributed by atoms with E-state index in [1.54, 1.807) is 31.5 Å². The number of methoxy groups -OCH3 is 1. The molecule has 4 heteroatoms. The third-order valence-electron chi connectivity index (χ3n) is 3.78. The van der Waals surface area contributed by atoms with Crippen molar-refractivity contribution < 1.29 is 14.3 Å². The van der Waals surface area contributed by atoms with E-state index in [1.165, 1.54) is 0 Å². The van der Waals surface area contributed by atoms with Gasteiger partial charge in [0.1, 0.15) is 0 Å². The molecule has 4 nitrogen and oxygen atoms in total. The molecule has 1 heterocycles. The van der Waals surface area contributed by atoms with Crippen LogP contribution in [0.4, 0.5) is 0 Å². The van der Waals surface area contributed by atoms with Gasteiger partial charge in [0, 0.05) is 6.20 Å². The molecule has 0 bridgehead atoms. The van der Waals surface area contributed by atoms with E-state index in [9.17, 15) is 4.79 Å². The molecular weight excluding hydrogens is 326 g/mol. The Bertz CT molecular complexity index is 933. The van der Waals surface area contributed by atoms with E-state index in [4.69, 9.17) is 9.47 Å². The third kappa shape index (κ3) is 4.36. The van der Waals surface area contributed by atoms with Gasteiger partial charge in [-0.05, 0) is 55.0 Å². The highest BCUT2D eigenvalue weighted by Gasteiger charge is 2.12. The van der Waals surface area contributed by atoms with E-state index in [-0.39, 0.29) is 0 Å². The number of carbonyl (C=O) groups is 1. The minimum absolute atomic E-state index is 0.383. The van der Waals surface area contributed by atoms with E-state index in [1.807, 2.05) is 61.5 Å². The molecule has 0 saturated heterocycles. The van der Waals surface area contributed by atoms with E-state index in [2.05, 4.69) is 4.98 Å². The third-order valence-corrected chi connectivity index (χ3v) is 3.78. The molecule has 0 saturated carbocycles. The first-order chi connectivity index (χ1) is 12.7. The number of aromatic nitrogens is 1. The second-order valence-electron chi connectivity index (χ2n) is 5.76. The lowest BCUT2D eigenvalue weighted by Gasteiger charge is -2.10. The summed E-state index contributed by atoms with van der Waals surface area (Å²) in [4.78, 5) is 16.6. The average molecular weight is 345 g/mol. The fourth-order valence-corrected chi connectivity index (χ4v) is 2.46. The highest BCUT2D eigenvalue weighted by Crippen LogP contribution is 2.29. The van der Waals surface area contributed by atoms with E-state index < -0.39 is 5.97 Å². The second kappa shape index (κ2) is 8.12. The molecule has 0 fully saturated rings. The lowest BCUT2D eigenvalue weighted by Crippen LogP contribution is -2.09. The predicted molar refractivity (Wildman–Crippen MR) is 102 cm³/mol. The molecule has 3 aromatic rings. The molecule has 0 radical (unpaired) electrons. The zero-order valence-electron chi connectivity index (χ0n) is 14.7. The Kier molecular flexibility index (Phi) is 5.44. The maximum absolute atomic E-state index is 12.3. The quantitative estimate of drug-likeness (QED) is 0.493. The molecular formula is C22H19NO3. The fraction of sp³-hybridized carbons (Fsp3) is 0.0909. The molecule has 26 heavy (non-hydrogen) atoms. The molecule has 1 aromatic heterocycles. The smallest absolute Gasteiger partial charge is 0.343 e. The monoisotopic (exact) mass is 345 g/mol. The van der Waals surface area contributed by atoms with Gasteiger partial charge >= 0.3 is 5.97 Å². The van der Waals surface area contributed by atoms with E-state index in [0.29, 0.717) is 17.1 Å². The highest BCUT2D eigenvalue weighted by molar-refractivity contribution is 5.91. The van der Waals surface area contributed by atoms with Crippen LogP contribution >= 0.6 is 0 Å². The van der Waals surface area contributed by atoms with E-state index in [0.717, 1.165) is 16.8 Å². The summed E-state index contributed by atoms with van der Waals surface area (Å²) in [6.07, 6.45) is 5.58. The average Bonchev–Trinajstić information content (AvgIpc) is 2.68. The number of nitrogens with zero attached hydrogens (tertiary/aromatic N) is 1. The summed E-state index contributed by atoms with van der Waals surface area (Å²) in [6, 6.07) is 18.4. The molecule has 0 spiro atoms. The molecule has 0 unspecified atom stereocenters. The minimum Gasteiger partial charge on any atom is -0.493 e. The normalized spacial score (nSPS) is 10.7. The van der Waals surface area contributed by atoms with Crippen LogP contribution in [0.5, 0.6) is 11.5 Å². The first-order valence-corrected chi connectivity index (χ1v) is 8.22. The number of hydrogen-bond acceptors (Lipinski definition) is 4. The molecule has 2 aromatic carbocycles. The van der Waals surface area contributed by atoms with Crippen LogP contribution in [0.3, 0.4) is 0 Å². The highest BCUT2D eigenvalue weighted by atomic mass is 16.6. The van der Waals surface area contributed by atoms with Crippen LogP contribution in [-0.2, 0) is 0 Å². The summed E-state index contributed by atoms with van der Waals surface area (Å²) in [5.74, 6) is 0.465. The Hall–Kier alpha value is -3.40. The lowest BCUT2D eigenvalue weighted by molar-refractivity contribution is 0.0729. The SMILES string of the molecule is COc1cc(/C=C/c2ccccn2)ccc1OC(=O)c1cccc(C)c1. The maximum atomic E-state index is 12.3. The zero-order valence-corrected chi connectivity index (χ0v) is 14.7. The van der Waals surface area contributed by atoms with Crippen molar-refractivity contribution in [1.82, 2.24) is 4.98 Å².